The van der Waals surface area contributed by atoms with Crippen LogP contribution in [-0.4, -0.2) is 5.91 Å². The minimum atomic E-state index is -0.185. The molecule has 0 heterocycles. The Balaban J connectivity index is 3.05. The molecule has 0 radical (unpaired) electrons. The van der Waals surface area contributed by atoms with Crippen molar-refractivity contribution in [2.24, 2.45) is 0 Å². The minimum absolute atomic E-state index is 0.0745. The summed E-state index contributed by atoms with van der Waals surface area (Å²) in [6.07, 6.45) is 1.67. The molecule has 0 bridgehead atoms. The molecule has 0 aromatic heterocycles. The molecule has 0 spiro atoms. The van der Waals surface area contributed by atoms with E-state index in [1.165, 1.54) is 6.92 Å². The molecule has 84 valence electrons. The van der Waals surface area contributed by atoms with Crippen molar-refractivity contribution in [2.75, 3.05) is 0 Å². The van der Waals surface area contributed by atoms with Crippen LogP contribution in [0.25, 0.3) is 0 Å². The molecule has 2 heteroatoms. The first-order valence-corrected chi connectivity index (χ1v) is 5.19. The second-order valence-corrected chi connectivity index (χ2v) is 3.83. The molecule has 1 rings (SSSR count). The highest BCUT2D eigenvalue weighted by Crippen LogP contribution is 2.21. The molecule has 0 saturated carbocycles. The van der Waals surface area contributed by atoms with Crippen molar-refractivity contribution in [3.63, 3.8) is 0 Å². The first-order valence-electron chi connectivity index (χ1n) is 5.19. The van der Waals surface area contributed by atoms with Crippen LogP contribution in [0, 0.1) is 6.92 Å². The van der Waals surface area contributed by atoms with Gasteiger partial charge in [-0.1, -0.05) is 49.1 Å². The highest BCUT2D eigenvalue weighted by Gasteiger charge is 2.13. The van der Waals surface area contributed by atoms with Crippen LogP contribution in [0.2, 0.25) is 0 Å². The molecule has 1 aromatic rings. The normalized spacial score (nSPS) is 11.6. The fourth-order valence-electron chi connectivity index (χ4n) is 1.56. The van der Waals surface area contributed by atoms with Crippen LogP contribution >= 0.6 is 0 Å². The van der Waals surface area contributed by atoms with Gasteiger partial charge in [0.15, 0.2) is 0 Å². The van der Waals surface area contributed by atoms with Crippen LogP contribution in [0.3, 0.4) is 0 Å². The van der Waals surface area contributed by atoms with E-state index in [1.807, 2.05) is 31.2 Å². The molecule has 0 saturated heterocycles. The lowest BCUT2D eigenvalue weighted by Crippen LogP contribution is -2.26. The van der Waals surface area contributed by atoms with E-state index in [2.05, 4.69) is 18.5 Å². The summed E-state index contributed by atoms with van der Waals surface area (Å²) >= 11 is 0. The molecule has 0 aliphatic rings. The Kier molecular flexibility index (Phi) is 4.06. The molecule has 16 heavy (non-hydrogen) atoms. The van der Waals surface area contributed by atoms with E-state index in [4.69, 9.17) is 0 Å². The summed E-state index contributed by atoms with van der Waals surface area (Å²) in [5.74, 6) is -0.0745. The lowest BCUT2D eigenvalue weighted by Gasteiger charge is -2.19. The summed E-state index contributed by atoms with van der Waals surface area (Å²) in [5.41, 5.74) is 2.98. The van der Waals surface area contributed by atoms with Gasteiger partial charge in [0.25, 0.3) is 0 Å². The van der Waals surface area contributed by atoms with Gasteiger partial charge in [-0.05, 0) is 18.1 Å². The highest BCUT2D eigenvalue weighted by molar-refractivity contribution is 5.74. The summed E-state index contributed by atoms with van der Waals surface area (Å²) in [5, 5.41) is 2.86. The van der Waals surface area contributed by atoms with Crippen molar-refractivity contribution in [2.45, 2.75) is 19.9 Å². The van der Waals surface area contributed by atoms with E-state index in [9.17, 15) is 4.79 Å². The maximum atomic E-state index is 11.1. The van der Waals surface area contributed by atoms with Crippen LogP contribution in [0.15, 0.2) is 49.1 Å². The topological polar surface area (TPSA) is 29.1 Å². The average molecular weight is 215 g/mol. The van der Waals surface area contributed by atoms with Gasteiger partial charge in [-0.3, -0.25) is 4.79 Å². The molecule has 1 aromatic carbocycles. The largest absolute Gasteiger partial charge is 0.345 e. The molecule has 0 aliphatic carbocycles. The molecule has 1 atom stereocenters. The number of hydrogen-bond donors (Lipinski definition) is 1. The van der Waals surface area contributed by atoms with Crippen molar-refractivity contribution < 1.29 is 4.79 Å². The quantitative estimate of drug-likeness (QED) is 0.769. The number of hydrogen-bond acceptors (Lipinski definition) is 1. The summed E-state index contributed by atoms with van der Waals surface area (Å²) in [7, 11) is 0. The second kappa shape index (κ2) is 5.31. The summed E-state index contributed by atoms with van der Waals surface area (Å²) in [6, 6.07) is 7.81. The Bertz CT molecular complexity index is 420. The maximum Gasteiger partial charge on any atom is 0.217 e. The van der Waals surface area contributed by atoms with E-state index in [1.54, 1.807) is 6.08 Å². The van der Waals surface area contributed by atoms with Gasteiger partial charge in [0.1, 0.15) is 0 Å². The monoisotopic (exact) mass is 215 g/mol. The van der Waals surface area contributed by atoms with Crippen molar-refractivity contribution in [3.8, 4) is 0 Å². The van der Waals surface area contributed by atoms with E-state index in [0.29, 0.717) is 0 Å². The summed E-state index contributed by atoms with van der Waals surface area (Å²) < 4.78 is 0. The van der Waals surface area contributed by atoms with Crippen LogP contribution in [0.4, 0.5) is 0 Å². The lowest BCUT2D eigenvalue weighted by molar-refractivity contribution is -0.119. The maximum absolute atomic E-state index is 11.1. The van der Waals surface area contributed by atoms with Gasteiger partial charge in [0, 0.05) is 6.92 Å². The Hall–Kier alpha value is -1.83. The highest BCUT2D eigenvalue weighted by atomic mass is 16.1. The Morgan fingerprint density at radius 2 is 2.19 bits per heavy atom. The molecule has 0 fully saturated rings. The number of aryl methyl sites for hydroxylation is 1. The number of rotatable bonds is 4. The Morgan fingerprint density at radius 1 is 1.50 bits per heavy atom. The van der Waals surface area contributed by atoms with Gasteiger partial charge in [-0.2, -0.15) is 0 Å². The van der Waals surface area contributed by atoms with Gasteiger partial charge in [0.05, 0.1) is 6.04 Å². The fraction of sp³-hybridized carbons (Fsp3) is 0.214. The van der Waals surface area contributed by atoms with Crippen LogP contribution in [0.5, 0.6) is 0 Å². The lowest BCUT2D eigenvalue weighted by atomic mass is 9.98. The van der Waals surface area contributed by atoms with E-state index >= 15 is 0 Å². The Labute approximate surface area is 96.7 Å². The average Bonchev–Trinajstić information content (AvgIpc) is 2.24. The molecule has 0 unspecified atom stereocenters. The van der Waals surface area contributed by atoms with Gasteiger partial charge in [-0.15, -0.1) is 0 Å². The van der Waals surface area contributed by atoms with Crippen molar-refractivity contribution in [1.82, 2.24) is 5.32 Å². The predicted molar refractivity (Wildman–Crippen MR) is 67.1 cm³/mol. The minimum Gasteiger partial charge on any atom is -0.345 e. The van der Waals surface area contributed by atoms with E-state index in [0.717, 1.165) is 16.7 Å². The van der Waals surface area contributed by atoms with Crippen LogP contribution in [0.1, 0.15) is 24.1 Å². The SMILES string of the molecule is C=CC(=C)[C@H](NC(C)=O)c1cccc(C)c1. The smallest absolute Gasteiger partial charge is 0.217 e. The van der Waals surface area contributed by atoms with Crippen LogP contribution in [-0.2, 0) is 4.79 Å². The molecule has 0 aliphatic heterocycles. The van der Waals surface area contributed by atoms with E-state index < -0.39 is 0 Å². The first kappa shape index (κ1) is 12.2. The van der Waals surface area contributed by atoms with E-state index in [-0.39, 0.29) is 11.9 Å². The second-order valence-electron chi connectivity index (χ2n) is 3.83. The van der Waals surface area contributed by atoms with Gasteiger partial charge in [0.2, 0.25) is 5.91 Å². The zero-order valence-corrected chi connectivity index (χ0v) is 9.79. The molecular formula is C14H17NO. The van der Waals surface area contributed by atoms with Gasteiger partial charge >= 0.3 is 0 Å². The standard InChI is InChI=1S/C14H17NO/c1-5-11(3)14(15-12(4)16)13-8-6-7-10(2)9-13/h5-9,14H,1,3H2,2,4H3,(H,15,16)/t14-/m0/s1. The third-order valence-electron chi connectivity index (χ3n) is 2.36. The van der Waals surface area contributed by atoms with Gasteiger partial charge < -0.3 is 5.32 Å². The fourth-order valence-corrected chi connectivity index (χ4v) is 1.56. The molecule has 1 N–H and O–H groups in total. The Morgan fingerprint density at radius 3 is 2.69 bits per heavy atom. The van der Waals surface area contributed by atoms with Crippen molar-refractivity contribution in [1.29, 1.82) is 0 Å². The zero-order valence-electron chi connectivity index (χ0n) is 9.79. The van der Waals surface area contributed by atoms with Crippen molar-refractivity contribution in [3.05, 3.63) is 60.2 Å². The number of carbonyl (C=O) groups excluding carboxylic acids is 1. The molecular weight excluding hydrogens is 198 g/mol. The first-order chi connectivity index (χ1) is 7.54. The van der Waals surface area contributed by atoms with Gasteiger partial charge in [-0.25, -0.2) is 0 Å². The number of amides is 1. The van der Waals surface area contributed by atoms with Crippen LogP contribution < -0.4 is 5.32 Å². The zero-order chi connectivity index (χ0) is 12.1. The third-order valence-corrected chi connectivity index (χ3v) is 2.36. The number of benzene rings is 1. The molecule has 2 nitrogen and oxygen atoms in total. The third kappa shape index (κ3) is 3.09. The summed E-state index contributed by atoms with van der Waals surface area (Å²) in [6.45, 7) is 11.1. The summed E-state index contributed by atoms with van der Waals surface area (Å²) in [4.78, 5) is 11.1. The molecule has 1 amide bonds. The van der Waals surface area contributed by atoms with Crippen molar-refractivity contribution >= 4 is 5.91 Å². The number of nitrogens with one attached hydrogen (secondary N) is 1. The number of carbonyl (C=O) groups is 1. The predicted octanol–water partition coefficient (Wildman–Crippen LogP) is 2.91.